The lowest BCUT2D eigenvalue weighted by atomic mass is 10.0. The van der Waals surface area contributed by atoms with E-state index in [1.807, 2.05) is 36.4 Å². The summed E-state index contributed by atoms with van der Waals surface area (Å²) in [7, 11) is 0. The van der Waals surface area contributed by atoms with Gasteiger partial charge in [-0.3, -0.25) is 24.5 Å². The Bertz CT molecular complexity index is 1490. The van der Waals surface area contributed by atoms with Crippen LogP contribution in [0.4, 0.5) is 11.4 Å². The molecule has 8 nitrogen and oxygen atoms in total. The van der Waals surface area contributed by atoms with Crippen LogP contribution in [-0.4, -0.2) is 33.5 Å². The molecule has 0 unspecified atom stereocenters. The lowest BCUT2D eigenvalue weighted by molar-refractivity contribution is -0.384. The molecule has 0 spiro atoms. The van der Waals surface area contributed by atoms with Crippen LogP contribution in [0, 0.1) is 10.1 Å². The lowest BCUT2D eigenvalue weighted by Gasteiger charge is -2.09. The number of nitrogens with zero attached hydrogens (tertiary/aromatic N) is 2. The molecule has 4 aromatic rings. The van der Waals surface area contributed by atoms with Gasteiger partial charge < -0.3 is 10.2 Å². The molecule has 1 heterocycles. The monoisotopic (exact) mass is 491 g/mol. The number of amides is 2. The van der Waals surface area contributed by atoms with E-state index < -0.39 is 16.9 Å². The number of Topliss-reactive ketones (excluding diaryl/α,β-unsaturated/α-hetero) is 1. The molecule has 4 aromatic carbocycles. The summed E-state index contributed by atoms with van der Waals surface area (Å²) in [5.74, 6) is -0.925. The Morgan fingerprint density at radius 2 is 1.35 bits per heavy atom. The average Bonchev–Trinajstić information content (AvgIpc) is 3.69. The molecule has 182 valence electrons. The summed E-state index contributed by atoms with van der Waals surface area (Å²) in [5.41, 5.74) is 2.24. The van der Waals surface area contributed by atoms with Gasteiger partial charge in [0, 0.05) is 34.5 Å². The van der Waals surface area contributed by atoms with Gasteiger partial charge in [-0.05, 0) is 35.9 Å². The Morgan fingerprint density at radius 3 is 2.00 bits per heavy atom. The standard InChI is InChI=1S/C29H21N3O5/c33-27(20-10-5-2-6-11-20)26-25(19-8-3-1-4-9-19)31(26)29(35)22-12-7-13-23(18-22)30-28(34)21-14-16-24(17-15-21)32(36)37/h1-18,25-26H,(H,30,34)/t25-,26+,31?/m1/s1. The van der Waals surface area contributed by atoms with Crippen molar-refractivity contribution in [3.63, 3.8) is 0 Å². The van der Waals surface area contributed by atoms with E-state index in [9.17, 15) is 24.5 Å². The topological polar surface area (TPSA) is 109 Å². The molecule has 1 aliphatic rings. The molecule has 1 N–H and O–H groups in total. The first-order valence-corrected chi connectivity index (χ1v) is 11.6. The number of hydrogen-bond donors (Lipinski definition) is 1. The summed E-state index contributed by atoms with van der Waals surface area (Å²) < 4.78 is 0. The van der Waals surface area contributed by atoms with Crippen molar-refractivity contribution in [1.29, 1.82) is 0 Å². The van der Waals surface area contributed by atoms with E-state index in [0.29, 0.717) is 16.8 Å². The quantitative estimate of drug-likeness (QED) is 0.163. The van der Waals surface area contributed by atoms with Crippen LogP contribution < -0.4 is 5.32 Å². The lowest BCUT2D eigenvalue weighted by Crippen LogP contribution is -2.19. The molecule has 1 aliphatic heterocycles. The summed E-state index contributed by atoms with van der Waals surface area (Å²) in [5, 5.41) is 13.6. The van der Waals surface area contributed by atoms with Gasteiger partial charge in [0.05, 0.1) is 11.0 Å². The Labute approximate surface area is 212 Å². The third kappa shape index (κ3) is 4.85. The second kappa shape index (κ2) is 9.87. The number of nitrogens with one attached hydrogen (secondary N) is 1. The highest BCUT2D eigenvalue weighted by Gasteiger charge is 2.56. The van der Waals surface area contributed by atoms with Crippen LogP contribution in [0.15, 0.2) is 109 Å². The summed E-state index contributed by atoms with van der Waals surface area (Å²) >= 11 is 0. The fourth-order valence-corrected chi connectivity index (χ4v) is 4.34. The summed E-state index contributed by atoms with van der Waals surface area (Å²) in [4.78, 5) is 51.3. The zero-order chi connectivity index (χ0) is 25.9. The van der Waals surface area contributed by atoms with Crippen molar-refractivity contribution in [2.75, 3.05) is 5.32 Å². The number of carbonyl (C=O) groups is 3. The molecular weight excluding hydrogens is 470 g/mol. The Kier molecular flexibility index (Phi) is 6.30. The highest BCUT2D eigenvalue weighted by Crippen LogP contribution is 2.46. The van der Waals surface area contributed by atoms with Crippen molar-refractivity contribution in [3.8, 4) is 0 Å². The maximum atomic E-state index is 13.5. The Hall–Kier alpha value is -5.11. The highest BCUT2D eigenvalue weighted by molar-refractivity contribution is 6.09. The molecule has 0 aromatic heterocycles. The number of non-ortho nitro benzene ring substituents is 1. The number of nitro groups is 1. The van der Waals surface area contributed by atoms with Gasteiger partial charge in [0.25, 0.3) is 17.5 Å². The molecular formula is C29H21N3O5. The Balaban J connectivity index is 1.37. The zero-order valence-electron chi connectivity index (χ0n) is 19.5. The molecule has 8 heteroatoms. The summed E-state index contributed by atoms with van der Waals surface area (Å²) in [6.45, 7) is 0. The van der Waals surface area contributed by atoms with Crippen LogP contribution in [0.3, 0.4) is 0 Å². The largest absolute Gasteiger partial charge is 0.322 e. The second-order valence-electron chi connectivity index (χ2n) is 8.58. The van der Waals surface area contributed by atoms with Gasteiger partial charge in [0.15, 0.2) is 5.78 Å². The number of anilines is 1. The first-order valence-electron chi connectivity index (χ1n) is 11.6. The van der Waals surface area contributed by atoms with E-state index in [-0.39, 0.29) is 29.0 Å². The van der Waals surface area contributed by atoms with Gasteiger partial charge in [-0.15, -0.1) is 0 Å². The van der Waals surface area contributed by atoms with Gasteiger partial charge in [0.1, 0.15) is 6.04 Å². The minimum atomic E-state index is -0.629. The molecule has 0 radical (unpaired) electrons. The number of rotatable bonds is 7. The van der Waals surface area contributed by atoms with E-state index in [4.69, 9.17) is 0 Å². The molecule has 0 aliphatic carbocycles. The minimum absolute atomic E-state index is 0.116. The zero-order valence-corrected chi connectivity index (χ0v) is 19.5. The molecule has 1 saturated heterocycles. The smallest absolute Gasteiger partial charge is 0.269 e. The van der Waals surface area contributed by atoms with Crippen LogP contribution >= 0.6 is 0 Å². The van der Waals surface area contributed by atoms with E-state index in [0.717, 1.165) is 5.56 Å². The highest BCUT2D eigenvalue weighted by atomic mass is 16.6. The van der Waals surface area contributed by atoms with Crippen LogP contribution in [0.2, 0.25) is 0 Å². The van der Waals surface area contributed by atoms with E-state index >= 15 is 0 Å². The SMILES string of the molecule is O=C(Nc1cccc(C(=O)N2[C@H](C(=O)c3ccccc3)[C@H]2c2ccccc2)c1)c1ccc([N+](=O)[O-])cc1. The predicted octanol–water partition coefficient (Wildman–Crippen LogP) is 5.30. The van der Waals surface area contributed by atoms with Crippen molar-refractivity contribution in [1.82, 2.24) is 4.90 Å². The van der Waals surface area contributed by atoms with E-state index in [1.54, 1.807) is 53.4 Å². The van der Waals surface area contributed by atoms with Crippen LogP contribution in [0.5, 0.6) is 0 Å². The maximum absolute atomic E-state index is 13.5. The van der Waals surface area contributed by atoms with Crippen molar-refractivity contribution in [2.24, 2.45) is 0 Å². The van der Waals surface area contributed by atoms with Gasteiger partial charge in [-0.2, -0.15) is 0 Å². The molecule has 2 amide bonds. The van der Waals surface area contributed by atoms with Crippen molar-refractivity contribution in [3.05, 3.63) is 142 Å². The first-order chi connectivity index (χ1) is 17.9. The van der Waals surface area contributed by atoms with E-state index in [1.165, 1.54) is 24.3 Å². The summed E-state index contributed by atoms with van der Waals surface area (Å²) in [6.07, 6.45) is 0. The molecule has 5 rings (SSSR count). The normalized spacial score (nSPS) is 16.1. The first kappa shape index (κ1) is 23.6. The number of benzene rings is 4. The van der Waals surface area contributed by atoms with Crippen molar-refractivity contribution >= 4 is 29.0 Å². The number of carbonyl (C=O) groups excluding carboxylic acids is 3. The molecule has 0 bridgehead atoms. The van der Waals surface area contributed by atoms with Crippen LogP contribution in [0.25, 0.3) is 0 Å². The van der Waals surface area contributed by atoms with Crippen molar-refractivity contribution in [2.45, 2.75) is 12.1 Å². The third-order valence-corrected chi connectivity index (χ3v) is 6.22. The van der Waals surface area contributed by atoms with Crippen molar-refractivity contribution < 1.29 is 19.3 Å². The molecule has 2 atom stereocenters. The van der Waals surface area contributed by atoms with Crippen LogP contribution in [-0.2, 0) is 0 Å². The molecule has 1 fully saturated rings. The number of nitro benzene ring substituents is 1. The van der Waals surface area contributed by atoms with Gasteiger partial charge in [0.2, 0.25) is 0 Å². The van der Waals surface area contributed by atoms with Gasteiger partial charge >= 0.3 is 0 Å². The van der Waals surface area contributed by atoms with E-state index in [2.05, 4.69) is 5.32 Å². The predicted molar refractivity (Wildman–Crippen MR) is 137 cm³/mol. The van der Waals surface area contributed by atoms with Crippen LogP contribution in [0.1, 0.15) is 42.7 Å². The Morgan fingerprint density at radius 1 is 0.730 bits per heavy atom. The number of ketones is 1. The van der Waals surface area contributed by atoms with Gasteiger partial charge in [-0.1, -0.05) is 66.7 Å². The summed E-state index contributed by atoms with van der Waals surface area (Å²) in [6, 6.07) is 29.0. The molecule has 37 heavy (non-hydrogen) atoms. The average molecular weight is 492 g/mol. The second-order valence-corrected chi connectivity index (χ2v) is 8.58. The third-order valence-electron chi connectivity index (χ3n) is 6.22. The minimum Gasteiger partial charge on any atom is -0.322 e. The fraction of sp³-hybridized carbons (Fsp3) is 0.0690. The maximum Gasteiger partial charge on any atom is 0.269 e. The number of hydrogen-bond acceptors (Lipinski definition) is 5. The van der Waals surface area contributed by atoms with Gasteiger partial charge in [-0.25, -0.2) is 0 Å². The molecule has 0 saturated carbocycles. The fourth-order valence-electron chi connectivity index (χ4n) is 4.34.